The Morgan fingerprint density at radius 1 is 1.09 bits per heavy atom. The van der Waals surface area contributed by atoms with Crippen LogP contribution in [0.3, 0.4) is 0 Å². The van der Waals surface area contributed by atoms with Gasteiger partial charge in [-0.3, -0.25) is 14.4 Å². The first-order valence-corrected chi connectivity index (χ1v) is 11.1. The third kappa shape index (κ3) is 3.81. The van der Waals surface area contributed by atoms with Crippen LogP contribution in [0.4, 0.5) is 14.5 Å². The van der Waals surface area contributed by atoms with E-state index in [1.54, 1.807) is 19.9 Å². The minimum atomic E-state index is -1.17. The molecule has 0 fully saturated rings. The number of thiophene rings is 1. The van der Waals surface area contributed by atoms with E-state index in [1.165, 1.54) is 36.8 Å². The summed E-state index contributed by atoms with van der Waals surface area (Å²) in [6.45, 7) is 3.20. The third-order valence-corrected chi connectivity index (χ3v) is 6.82. The lowest BCUT2D eigenvalue weighted by molar-refractivity contribution is -0.117. The number of amides is 2. The topological polar surface area (TPSA) is 80.8 Å². The summed E-state index contributed by atoms with van der Waals surface area (Å²) in [5.41, 5.74) is -0.784. The van der Waals surface area contributed by atoms with Crippen molar-refractivity contribution in [3.05, 3.63) is 86.6 Å². The van der Waals surface area contributed by atoms with Gasteiger partial charge in [0, 0.05) is 5.56 Å². The molecule has 0 atom stereocenters. The Balaban J connectivity index is 1.76. The molecule has 9 heteroatoms. The second kappa shape index (κ2) is 8.57. The second-order valence-corrected chi connectivity index (χ2v) is 9.18. The number of hydrogen-bond donors (Lipinski definition) is 0. The van der Waals surface area contributed by atoms with Gasteiger partial charge in [0.05, 0.1) is 30.2 Å². The number of imide groups is 1. The molecule has 0 radical (unpaired) electrons. The molecule has 2 heterocycles. The number of benzene rings is 2. The fraction of sp³-hybridized carbons (Fsp3) is 0.200. The number of carbonyl (C=O) groups excluding carboxylic acids is 4. The van der Waals surface area contributed by atoms with Crippen molar-refractivity contribution in [2.24, 2.45) is 0 Å². The van der Waals surface area contributed by atoms with Crippen LogP contribution < -0.4 is 4.90 Å². The molecule has 2 amide bonds. The smallest absolute Gasteiger partial charge is 0.348 e. The number of anilines is 1. The van der Waals surface area contributed by atoms with E-state index in [9.17, 15) is 28.0 Å². The van der Waals surface area contributed by atoms with E-state index < -0.39 is 46.3 Å². The molecule has 1 aromatic heterocycles. The third-order valence-electron chi connectivity index (χ3n) is 5.81. The van der Waals surface area contributed by atoms with Crippen LogP contribution in [0, 0.1) is 11.6 Å². The fourth-order valence-corrected chi connectivity index (χ4v) is 4.88. The molecular weight excluding hydrogens is 464 g/mol. The number of ether oxygens (including phenoxy) is 1. The summed E-state index contributed by atoms with van der Waals surface area (Å²) in [7, 11) is 1.17. The number of halogens is 2. The first kappa shape index (κ1) is 23.4. The van der Waals surface area contributed by atoms with Gasteiger partial charge in [0.15, 0.2) is 5.78 Å². The first-order valence-electron chi connectivity index (χ1n) is 10.2. The minimum Gasteiger partial charge on any atom is -0.465 e. The van der Waals surface area contributed by atoms with Crippen LogP contribution in [0.2, 0.25) is 0 Å². The molecule has 0 unspecified atom stereocenters. The van der Waals surface area contributed by atoms with Gasteiger partial charge in [0.25, 0.3) is 5.91 Å². The van der Waals surface area contributed by atoms with E-state index in [1.807, 2.05) is 0 Å². The van der Waals surface area contributed by atoms with Crippen LogP contribution in [0.15, 0.2) is 47.8 Å². The van der Waals surface area contributed by atoms with Crippen molar-refractivity contribution in [1.29, 1.82) is 0 Å². The molecule has 4 rings (SSSR count). The summed E-state index contributed by atoms with van der Waals surface area (Å²) in [5.74, 6) is -4.16. The van der Waals surface area contributed by atoms with Crippen LogP contribution in [0.25, 0.3) is 0 Å². The normalized spacial score (nSPS) is 13.6. The van der Waals surface area contributed by atoms with Crippen molar-refractivity contribution >= 4 is 40.6 Å². The Kier molecular flexibility index (Phi) is 5.91. The van der Waals surface area contributed by atoms with Crippen LogP contribution in [-0.4, -0.2) is 30.7 Å². The number of hydrogen-bond acceptors (Lipinski definition) is 6. The molecule has 0 saturated heterocycles. The lowest BCUT2D eigenvalue weighted by Gasteiger charge is -2.28. The number of fused-ring (bicyclic) bond motifs is 1. The summed E-state index contributed by atoms with van der Waals surface area (Å²) in [6.07, 6.45) is -0.221. The van der Waals surface area contributed by atoms with Crippen LogP contribution >= 0.6 is 11.3 Å². The molecule has 0 N–H and O–H groups in total. The number of Topliss-reactive ketones (excluding diaryl/α,β-unsaturated/α-hetero) is 1. The molecule has 1 aliphatic heterocycles. The number of ketones is 1. The van der Waals surface area contributed by atoms with Crippen LogP contribution in [-0.2, 0) is 21.4 Å². The van der Waals surface area contributed by atoms with E-state index in [0.717, 1.165) is 23.5 Å². The van der Waals surface area contributed by atoms with E-state index in [4.69, 9.17) is 4.74 Å². The zero-order chi connectivity index (χ0) is 24.8. The highest BCUT2D eigenvalue weighted by Crippen LogP contribution is 2.35. The summed E-state index contributed by atoms with van der Waals surface area (Å²) >= 11 is 0.963. The Labute approximate surface area is 197 Å². The summed E-state index contributed by atoms with van der Waals surface area (Å²) in [4.78, 5) is 52.1. The molecule has 0 bridgehead atoms. The molecule has 1 aliphatic rings. The highest BCUT2D eigenvalue weighted by molar-refractivity contribution is 7.12. The maximum Gasteiger partial charge on any atom is 0.348 e. The Bertz CT molecular complexity index is 1360. The van der Waals surface area contributed by atoms with Crippen molar-refractivity contribution in [3.8, 4) is 0 Å². The number of rotatable bonds is 5. The standard InChI is InChI=1S/C25H19F2NO5S/c1-25(2,15-5-4-6-16(26)11-15)22(30)13-7-8-17(27)18(9-13)28-19(29)10-14-12-34-21(24(32)33-3)20(14)23(28)31/h4-9,11-12H,10H2,1-3H3. The van der Waals surface area contributed by atoms with Crippen LogP contribution in [0.5, 0.6) is 0 Å². The van der Waals surface area contributed by atoms with Crippen molar-refractivity contribution < 1.29 is 32.7 Å². The van der Waals surface area contributed by atoms with Gasteiger partial charge >= 0.3 is 5.97 Å². The molecule has 2 aromatic carbocycles. The Hall–Kier alpha value is -3.72. The van der Waals surface area contributed by atoms with Gasteiger partial charge in [-0.1, -0.05) is 12.1 Å². The molecule has 0 aliphatic carbocycles. The molecule has 3 aromatic rings. The maximum absolute atomic E-state index is 14.9. The van der Waals surface area contributed by atoms with E-state index in [0.29, 0.717) is 16.0 Å². The van der Waals surface area contributed by atoms with E-state index >= 15 is 0 Å². The van der Waals surface area contributed by atoms with Gasteiger partial charge in [0.1, 0.15) is 16.5 Å². The number of carbonyl (C=O) groups is 4. The Morgan fingerprint density at radius 3 is 2.50 bits per heavy atom. The van der Waals surface area contributed by atoms with Gasteiger partial charge < -0.3 is 4.74 Å². The van der Waals surface area contributed by atoms with Crippen molar-refractivity contribution in [3.63, 3.8) is 0 Å². The van der Waals surface area contributed by atoms with Gasteiger partial charge in [-0.25, -0.2) is 18.5 Å². The SMILES string of the molecule is COC(=O)c1scc2c1C(=O)N(c1cc(C(=O)C(C)(C)c3cccc(F)c3)ccc1F)C(=O)C2. The van der Waals surface area contributed by atoms with Crippen molar-refractivity contribution in [2.75, 3.05) is 12.0 Å². The number of methoxy groups -OCH3 is 1. The zero-order valence-corrected chi connectivity index (χ0v) is 19.3. The zero-order valence-electron chi connectivity index (χ0n) is 18.5. The monoisotopic (exact) mass is 483 g/mol. The average Bonchev–Trinajstić information content (AvgIpc) is 3.23. The lowest BCUT2D eigenvalue weighted by Crippen LogP contribution is -2.43. The molecule has 0 spiro atoms. The molecule has 174 valence electrons. The molecule has 6 nitrogen and oxygen atoms in total. The molecular formula is C25H19F2NO5S. The van der Waals surface area contributed by atoms with Crippen LogP contribution in [0.1, 0.15) is 55.4 Å². The summed E-state index contributed by atoms with van der Waals surface area (Å²) < 4.78 is 33.3. The van der Waals surface area contributed by atoms with Gasteiger partial charge in [-0.15, -0.1) is 11.3 Å². The minimum absolute atomic E-state index is 0.0138. The molecule has 34 heavy (non-hydrogen) atoms. The predicted octanol–water partition coefficient (Wildman–Crippen LogP) is 4.70. The number of esters is 1. The summed E-state index contributed by atoms with van der Waals surface area (Å²) in [6, 6.07) is 8.96. The van der Waals surface area contributed by atoms with Crippen molar-refractivity contribution in [1.82, 2.24) is 0 Å². The van der Waals surface area contributed by atoms with Gasteiger partial charge in [-0.05, 0) is 60.7 Å². The number of nitrogens with zero attached hydrogens (tertiary/aromatic N) is 1. The Morgan fingerprint density at radius 2 is 1.82 bits per heavy atom. The quantitative estimate of drug-likeness (QED) is 0.299. The second-order valence-electron chi connectivity index (χ2n) is 8.30. The predicted molar refractivity (Wildman–Crippen MR) is 121 cm³/mol. The largest absolute Gasteiger partial charge is 0.465 e. The van der Waals surface area contributed by atoms with Gasteiger partial charge in [0.2, 0.25) is 5.91 Å². The summed E-state index contributed by atoms with van der Waals surface area (Å²) in [5, 5.41) is 1.52. The van der Waals surface area contributed by atoms with E-state index in [2.05, 4.69) is 0 Å². The molecule has 0 saturated carbocycles. The lowest BCUT2D eigenvalue weighted by atomic mass is 9.78. The maximum atomic E-state index is 14.9. The van der Waals surface area contributed by atoms with Gasteiger partial charge in [-0.2, -0.15) is 0 Å². The fourth-order valence-electron chi connectivity index (χ4n) is 3.91. The highest BCUT2D eigenvalue weighted by atomic mass is 32.1. The van der Waals surface area contributed by atoms with E-state index in [-0.39, 0.29) is 22.4 Å². The average molecular weight is 483 g/mol. The van der Waals surface area contributed by atoms with Crippen molar-refractivity contribution in [2.45, 2.75) is 25.7 Å². The first-order chi connectivity index (χ1) is 16.1. The highest BCUT2D eigenvalue weighted by Gasteiger charge is 2.39.